The number of hydrogen-bond donors (Lipinski definition) is 0. The van der Waals surface area contributed by atoms with Crippen LogP contribution >= 0.6 is 11.3 Å². The molecule has 0 saturated carbocycles. The molecule has 4 aromatic carbocycles. The molecule has 10 rings (SSSR count). The van der Waals surface area contributed by atoms with Gasteiger partial charge in [-0.05, 0) is 90.6 Å². The molecule has 0 radical (unpaired) electrons. The minimum atomic E-state index is -0.0751. The SMILES string of the molecule is CC1CCC2=C(C1)C(C)(C)c1cc(-c3nc(C4=C5CN(CC=C4)C(C)(C)c4ccccc45)nc(-c4cccc5c4sc4ccccc45)n3)ccc12. The van der Waals surface area contributed by atoms with Gasteiger partial charge in [-0.15, -0.1) is 11.3 Å². The number of allylic oxidation sites excluding steroid dienone is 4. The van der Waals surface area contributed by atoms with Crippen LogP contribution in [0, 0.1) is 5.92 Å². The molecule has 2 atom stereocenters. The standard InChI is InChI=1S/C46H42N4S/c1-27-19-21-30-31-22-20-28(25-39(31)45(2,3)38(30)24-27)42-47-43(34-16-11-23-50-26-36(34)29-12-6-8-17-37(29)46(50,4)5)49-44(48-42)35-15-10-14-33-32-13-7-9-18-40(32)51-41(33)35/h6-18,20,22,25,27H,19,21,23-24,26H2,1-5H3. The number of nitrogens with zero attached hydrogens (tertiary/aromatic N) is 4. The third-order valence-electron chi connectivity index (χ3n) is 12.3. The molecule has 0 spiro atoms. The lowest BCUT2D eigenvalue weighted by Gasteiger charge is -2.44. The summed E-state index contributed by atoms with van der Waals surface area (Å²) in [5, 5.41) is 2.52. The molecule has 0 amide bonds. The van der Waals surface area contributed by atoms with E-state index in [0.717, 1.165) is 53.2 Å². The average Bonchev–Trinajstić information content (AvgIpc) is 3.52. The van der Waals surface area contributed by atoms with Crippen LogP contribution in [0.2, 0.25) is 0 Å². The summed E-state index contributed by atoms with van der Waals surface area (Å²) in [6.45, 7) is 13.6. The minimum Gasteiger partial charge on any atom is -0.286 e. The van der Waals surface area contributed by atoms with E-state index < -0.39 is 0 Å². The highest BCUT2D eigenvalue weighted by Gasteiger charge is 2.41. The van der Waals surface area contributed by atoms with Crippen LogP contribution in [0.3, 0.4) is 0 Å². The van der Waals surface area contributed by atoms with Gasteiger partial charge in [0.15, 0.2) is 17.5 Å². The summed E-state index contributed by atoms with van der Waals surface area (Å²) in [5.74, 6) is 2.93. The van der Waals surface area contributed by atoms with E-state index in [2.05, 4.69) is 137 Å². The fraction of sp³-hybridized carbons (Fsp3) is 0.283. The van der Waals surface area contributed by atoms with Gasteiger partial charge in [-0.3, -0.25) is 4.90 Å². The van der Waals surface area contributed by atoms with Crippen LogP contribution < -0.4 is 0 Å². The molecule has 2 bridgehead atoms. The normalized spacial score (nSPS) is 21.5. The lowest BCUT2D eigenvalue weighted by atomic mass is 9.75. The number of aromatic nitrogens is 3. The second-order valence-electron chi connectivity index (χ2n) is 16.1. The Morgan fingerprint density at radius 2 is 1.47 bits per heavy atom. The maximum absolute atomic E-state index is 5.39. The van der Waals surface area contributed by atoms with E-state index in [0.29, 0.717) is 0 Å². The predicted molar refractivity (Wildman–Crippen MR) is 214 cm³/mol. The molecular formula is C46H42N4S. The van der Waals surface area contributed by atoms with Crippen molar-refractivity contribution in [2.24, 2.45) is 5.92 Å². The number of thiophene rings is 1. The van der Waals surface area contributed by atoms with Gasteiger partial charge in [0, 0.05) is 60.9 Å². The third-order valence-corrected chi connectivity index (χ3v) is 13.6. The van der Waals surface area contributed by atoms with Crippen LogP contribution in [0.15, 0.2) is 103 Å². The molecule has 51 heavy (non-hydrogen) atoms. The minimum absolute atomic E-state index is 0.00653. The first-order chi connectivity index (χ1) is 24.7. The van der Waals surface area contributed by atoms with E-state index in [9.17, 15) is 0 Å². The Labute approximate surface area is 304 Å². The predicted octanol–water partition coefficient (Wildman–Crippen LogP) is 11.5. The van der Waals surface area contributed by atoms with Crippen molar-refractivity contribution in [2.75, 3.05) is 13.1 Å². The van der Waals surface area contributed by atoms with E-state index in [1.165, 1.54) is 67.3 Å². The van der Waals surface area contributed by atoms with Crippen LogP contribution in [0.5, 0.6) is 0 Å². The summed E-state index contributed by atoms with van der Waals surface area (Å²) >= 11 is 1.82. The molecule has 252 valence electrons. The first-order valence-corrected chi connectivity index (χ1v) is 19.3. The number of rotatable bonds is 3. The van der Waals surface area contributed by atoms with Gasteiger partial charge >= 0.3 is 0 Å². The van der Waals surface area contributed by atoms with Gasteiger partial charge in [0.25, 0.3) is 0 Å². The van der Waals surface area contributed by atoms with Crippen LogP contribution in [0.25, 0.3) is 59.7 Å². The molecule has 2 aliphatic heterocycles. The van der Waals surface area contributed by atoms with Crippen molar-refractivity contribution < 1.29 is 0 Å². The zero-order valence-corrected chi connectivity index (χ0v) is 30.9. The topological polar surface area (TPSA) is 41.9 Å². The molecule has 2 aliphatic carbocycles. The van der Waals surface area contributed by atoms with Crippen molar-refractivity contribution in [2.45, 2.75) is 64.8 Å². The summed E-state index contributed by atoms with van der Waals surface area (Å²) in [7, 11) is 0. The Kier molecular flexibility index (Phi) is 6.79. The van der Waals surface area contributed by atoms with Gasteiger partial charge in [0.05, 0.1) is 0 Å². The van der Waals surface area contributed by atoms with E-state index in [4.69, 9.17) is 15.0 Å². The molecule has 4 heterocycles. The Bertz CT molecular complexity index is 2540. The number of hydrogen-bond acceptors (Lipinski definition) is 5. The van der Waals surface area contributed by atoms with Gasteiger partial charge in [0.2, 0.25) is 0 Å². The Hall–Kier alpha value is -4.71. The Balaban J connectivity index is 1.21. The highest BCUT2D eigenvalue weighted by atomic mass is 32.1. The smallest absolute Gasteiger partial charge is 0.165 e. The van der Waals surface area contributed by atoms with Gasteiger partial charge in [-0.2, -0.15) is 0 Å². The van der Waals surface area contributed by atoms with E-state index in [1.807, 2.05) is 11.3 Å². The summed E-state index contributed by atoms with van der Waals surface area (Å²) in [4.78, 5) is 18.7. The molecule has 2 aromatic heterocycles. The van der Waals surface area contributed by atoms with Crippen molar-refractivity contribution >= 4 is 48.2 Å². The molecule has 0 fully saturated rings. The van der Waals surface area contributed by atoms with Crippen LogP contribution in [-0.2, 0) is 11.0 Å². The van der Waals surface area contributed by atoms with Gasteiger partial charge in [-0.25, -0.2) is 15.0 Å². The Morgan fingerprint density at radius 1 is 0.725 bits per heavy atom. The van der Waals surface area contributed by atoms with Crippen LogP contribution in [0.4, 0.5) is 0 Å². The molecule has 5 heteroatoms. The lowest BCUT2D eigenvalue weighted by molar-refractivity contribution is 0.149. The second-order valence-corrected chi connectivity index (χ2v) is 17.1. The van der Waals surface area contributed by atoms with Crippen molar-refractivity contribution in [1.29, 1.82) is 0 Å². The van der Waals surface area contributed by atoms with Gasteiger partial charge in [-0.1, -0.05) is 105 Å². The molecule has 6 aromatic rings. The van der Waals surface area contributed by atoms with Crippen molar-refractivity contribution in [3.8, 4) is 22.8 Å². The highest BCUT2D eigenvalue weighted by Crippen LogP contribution is 2.53. The Morgan fingerprint density at radius 3 is 2.37 bits per heavy atom. The van der Waals surface area contributed by atoms with E-state index in [1.54, 1.807) is 11.1 Å². The van der Waals surface area contributed by atoms with Gasteiger partial charge in [0.1, 0.15) is 0 Å². The van der Waals surface area contributed by atoms with Crippen molar-refractivity contribution in [3.63, 3.8) is 0 Å². The summed E-state index contributed by atoms with van der Waals surface area (Å²) in [6, 6.07) is 31.2. The summed E-state index contributed by atoms with van der Waals surface area (Å²) < 4.78 is 2.49. The molecule has 4 aliphatic rings. The van der Waals surface area contributed by atoms with E-state index in [-0.39, 0.29) is 11.0 Å². The van der Waals surface area contributed by atoms with E-state index >= 15 is 0 Å². The molecule has 2 unspecified atom stereocenters. The zero-order chi connectivity index (χ0) is 34.6. The highest BCUT2D eigenvalue weighted by molar-refractivity contribution is 7.26. The second kappa shape index (κ2) is 11.1. The van der Waals surface area contributed by atoms with Crippen molar-refractivity contribution in [3.05, 3.63) is 131 Å². The fourth-order valence-corrected chi connectivity index (χ4v) is 10.6. The summed E-state index contributed by atoms with van der Waals surface area (Å²) in [5.41, 5.74) is 13.1. The van der Waals surface area contributed by atoms with Crippen LogP contribution in [-0.4, -0.2) is 32.9 Å². The zero-order valence-electron chi connectivity index (χ0n) is 30.0. The lowest BCUT2D eigenvalue weighted by Crippen LogP contribution is -2.45. The third kappa shape index (κ3) is 4.64. The molecule has 0 N–H and O–H groups in total. The largest absolute Gasteiger partial charge is 0.286 e. The van der Waals surface area contributed by atoms with Gasteiger partial charge < -0.3 is 0 Å². The maximum Gasteiger partial charge on any atom is 0.165 e. The summed E-state index contributed by atoms with van der Waals surface area (Å²) in [6.07, 6.45) is 8.18. The quantitative estimate of drug-likeness (QED) is 0.186. The molecule has 0 saturated heterocycles. The number of benzene rings is 4. The molecule has 4 nitrogen and oxygen atoms in total. The van der Waals surface area contributed by atoms with Crippen molar-refractivity contribution in [1.82, 2.24) is 19.9 Å². The first kappa shape index (κ1) is 31.1. The number of fused-ring (bicyclic) bond motifs is 9. The first-order valence-electron chi connectivity index (χ1n) is 18.5. The fourth-order valence-electron chi connectivity index (χ4n) is 9.39. The van der Waals surface area contributed by atoms with Crippen LogP contribution in [0.1, 0.15) is 82.0 Å². The average molecular weight is 683 g/mol. The maximum atomic E-state index is 5.39. The molecular weight excluding hydrogens is 641 g/mol. The monoisotopic (exact) mass is 682 g/mol.